The van der Waals surface area contributed by atoms with Crippen LogP contribution in [0.25, 0.3) is 11.0 Å². The number of hydrogen-bond donors (Lipinski definition) is 0. The number of hydrogen-bond acceptors (Lipinski definition) is 5. The van der Waals surface area contributed by atoms with Gasteiger partial charge in [-0.05, 0) is 30.7 Å². The number of aromatic nitrogens is 3. The number of imidazole rings is 1. The molecule has 0 aliphatic carbocycles. The lowest BCUT2D eigenvalue weighted by Crippen LogP contribution is -2.06. The van der Waals surface area contributed by atoms with Gasteiger partial charge in [0, 0.05) is 18.3 Å². The SMILES string of the molecule is COC(=O)c1ccc2c(c1)nc(Cc1csc(C)n1)n2Cc1ccccc1. The Morgan fingerprint density at radius 3 is 2.67 bits per heavy atom. The summed E-state index contributed by atoms with van der Waals surface area (Å²) < 4.78 is 7.03. The molecule has 0 aliphatic rings. The predicted octanol–water partition coefficient (Wildman–Crippen LogP) is 4.23. The quantitative estimate of drug-likeness (QED) is 0.489. The summed E-state index contributed by atoms with van der Waals surface area (Å²) in [5.74, 6) is 0.576. The number of carbonyl (C=O) groups is 1. The summed E-state index contributed by atoms with van der Waals surface area (Å²) in [5.41, 5.74) is 4.49. The molecule has 136 valence electrons. The molecule has 0 bridgehead atoms. The Bertz CT molecular complexity index is 1100. The van der Waals surface area contributed by atoms with Gasteiger partial charge in [0.1, 0.15) is 5.82 Å². The van der Waals surface area contributed by atoms with Gasteiger partial charge in [0.05, 0.1) is 34.4 Å². The normalized spacial score (nSPS) is 11.0. The first kappa shape index (κ1) is 17.4. The Balaban J connectivity index is 1.80. The number of fused-ring (bicyclic) bond motifs is 1. The Morgan fingerprint density at radius 2 is 1.96 bits per heavy atom. The molecule has 5 nitrogen and oxygen atoms in total. The molecule has 2 heterocycles. The van der Waals surface area contributed by atoms with E-state index >= 15 is 0 Å². The Morgan fingerprint density at radius 1 is 1.15 bits per heavy atom. The molecular weight excluding hydrogens is 358 g/mol. The van der Waals surface area contributed by atoms with Gasteiger partial charge in [0.2, 0.25) is 0 Å². The number of benzene rings is 2. The monoisotopic (exact) mass is 377 g/mol. The summed E-state index contributed by atoms with van der Waals surface area (Å²) in [7, 11) is 1.39. The zero-order chi connectivity index (χ0) is 18.8. The second kappa shape index (κ2) is 7.32. The summed E-state index contributed by atoms with van der Waals surface area (Å²) in [4.78, 5) is 21.3. The van der Waals surface area contributed by atoms with E-state index in [9.17, 15) is 4.79 Å². The van der Waals surface area contributed by atoms with Crippen molar-refractivity contribution >= 4 is 28.3 Å². The number of ether oxygens (including phenoxy) is 1. The molecule has 0 atom stereocenters. The molecule has 0 fully saturated rings. The maximum atomic E-state index is 11.9. The fourth-order valence-electron chi connectivity index (χ4n) is 3.15. The highest BCUT2D eigenvalue weighted by atomic mass is 32.1. The molecule has 0 aliphatic heterocycles. The number of aryl methyl sites for hydroxylation is 1. The van der Waals surface area contributed by atoms with Crippen molar-refractivity contribution in [2.45, 2.75) is 19.9 Å². The topological polar surface area (TPSA) is 57.0 Å². The fraction of sp³-hybridized carbons (Fsp3) is 0.190. The maximum Gasteiger partial charge on any atom is 0.337 e. The Hall–Kier alpha value is -2.99. The van der Waals surface area contributed by atoms with Crippen LogP contribution in [0.4, 0.5) is 0 Å². The average Bonchev–Trinajstić information content (AvgIpc) is 3.25. The van der Waals surface area contributed by atoms with Gasteiger partial charge in [-0.25, -0.2) is 14.8 Å². The largest absolute Gasteiger partial charge is 0.465 e. The molecule has 0 saturated heterocycles. The smallest absolute Gasteiger partial charge is 0.337 e. The van der Waals surface area contributed by atoms with Crippen LogP contribution >= 0.6 is 11.3 Å². The second-order valence-corrected chi connectivity index (χ2v) is 7.39. The second-order valence-electron chi connectivity index (χ2n) is 6.33. The summed E-state index contributed by atoms with van der Waals surface area (Å²) in [5, 5.41) is 3.12. The molecule has 4 rings (SSSR count). The number of methoxy groups -OCH3 is 1. The van der Waals surface area contributed by atoms with Crippen molar-refractivity contribution in [2.24, 2.45) is 0 Å². The fourth-order valence-corrected chi connectivity index (χ4v) is 3.77. The van der Waals surface area contributed by atoms with Gasteiger partial charge >= 0.3 is 5.97 Å². The van der Waals surface area contributed by atoms with Crippen LogP contribution < -0.4 is 0 Å². The maximum absolute atomic E-state index is 11.9. The van der Waals surface area contributed by atoms with E-state index in [1.165, 1.54) is 12.7 Å². The van der Waals surface area contributed by atoms with Crippen molar-refractivity contribution in [1.82, 2.24) is 14.5 Å². The number of carbonyl (C=O) groups excluding carboxylic acids is 1. The van der Waals surface area contributed by atoms with Crippen molar-refractivity contribution in [3.05, 3.63) is 81.6 Å². The lowest BCUT2D eigenvalue weighted by Gasteiger charge is -2.09. The van der Waals surface area contributed by atoms with Crippen LogP contribution in [0.1, 0.15) is 32.4 Å². The van der Waals surface area contributed by atoms with E-state index in [-0.39, 0.29) is 5.97 Å². The lowest BCUT2D eigenvalue weighted by atomic mass is 10.2. The molecule has 4 aromatic rings. The van der Waals surface area contributed by atoms with E-state index in [4.69, 9.17) is 9.72 Å². The number of esters is 1. The first-order chi connectivity index (χ1) is 13.1. The van der Waals surface area contributed by atoms with Crippen molar-refractivity contribution in [3.8, 4) is 0 Å². The highest BCUT2D eigenvalue weighted by Gasteiger charge is 2.15. The highest BCUT2D eigenvalue weighted by Crippen LogP contribution is 2.22. The summed E-state index contributed by atoms with van der Waals surface area (Å²) in [6.07, 6.45) is 0.652. The van der Waals surface area contributed by atoms with Gasteiger partial charge in [0.15, 0.2) is 0 Å². The minimum Gasteiger partial charge on any atom is -0.465 e. The van der Waals surface area contributed by atoms with E-state index in [0.29, 0.717) is 18.5 Å². The first-order valence-corrected chi connectivity index (χ1v) is 9.54. The van der Waals surface area contributed by atoms with Crippen LogP contribution in [0.5, 0.6) is 0 Å². The first-order valence-electron chi connectivity index (χ1n) is 8.66. The van der Waals surface area contributed by atoms with Gasteiger partial charge in [-0.3, -0.25) is 0 Å². The van der Waals surface area contributed by atoms with Crippen LogP contribution in [0, 0.1) is 6.92 Å². The molecule has 6 heteroatoms. The number of thiazole rings is 1. The Kier molecular flexibility index (Phi) is 4.73. The van der Waals surface area contributed by atoms with E-state index in [1.54, 1.807) is 23.5 Å². The van der Waals surface area contributed by atoms with Gasteiger partial charge in [-0.1, -0.05) is 30.3 Å². The number of rotatable bonds is 5. The van der Waals surface area contributed by atoms with Gasteiger partial charge < -0.3 is 9.30 Å². The van der Waals surface area contributed by atoms with Crippen molar-refractivity contribution in [2.75, 3.05) is 7.11 Å². The van der Waals surface area contributed by atoms with E-state index in [2.05, 4.69) is 27.1 Å². The van der Waals surface area contributed by atoms with E-state index in [0.717, 1.165) is 27.6 Å². The molecule has 0 amide bonds. The van der Waals surface area contributed by atoms with Crippen LogP contribution in [-0.4, -0.2) is 27.6 Å². The van der Waals surface area contributed by atoms with Crippen LogP contribution in [0.2, 0.25) is 0 Å². The molecule has 0 saturated carbocycles. The zero-order valence-corrected chi connectivity index (χ0v) is 16.0. The van der Waals surface area contributed by atoms with Gasteiger partial charge in [-0.2, -0.15) is 0 Å². The zero-order valence-electron chi connectivity index (χ0n) is 15.2. The standard InChI is InChI=1S/C21H19N3O2S/c1-14-22-17(13-27-14)11-20-23-18-10-16(21(25)26-2)8-9-19(18)24(20)12-15-6-4-3-5-7-15/h3-10,13H,11-12H2,1-2H3. The summed E-state index contributed by atoms with van der Waals surface area (Å²) >= 11 is 1.64. The van der Waals surface area contributed by atoms with Crippen molar-refractivity contribution in [3.63, 3.8) is 0 Å². The van der Waals surface area contributed by atoms with Gasteiger partial charge in [0.25, 0.3) is 0 Å². The molecule has 27 heavy (non-hydrogen) atoms. The van der Waals surface area contributed by atoms with Crippen LogP contribution in [0.15, 0.2) is 53.9 Å². The third-order valence-electron chi connectivity index (χ3n) is 4.44. The van der Waals surface area contributed by atoms with Gasteiger partial charge in [-0.15, -0.1) is 11.3 Å². The summed E-state index contributed by atoms with van der Waals surface area (Å²) in [6, 6.07) is 15.8. The van der Waals surface area contributed by atoms with E-state index in [1.807, 2.05) is 31.2 Å². The molecule has 2 aromatic carbocycles. The predicted molar refractivity (Wildman–Crippen MR) is 106 cm³/mol. The minimum absolute atomic E-state index is 0.355. The molecule has 0 radical (unpaired) electrons. The van der Waals surface area contributed by atoms with Crippen LogP contribution in [-0.2, 0) is 17.7 Å². The molecule has 0 spiro atoms. The number of nitrogens with zero attached hydrogens (tertiary/aromatic N) is 3. The molecular formula is C21H19N3O2S. The Labute approximate surface area is 161 Å². The third-order valence-corrected chi connectivity index (χ3v) is 5.26. The average molecular weight is 377 g/mol. The van der Waals surface area contributed by atoms with E-state index < -0.39 is 0 Å². The highest BCUT2D eigenvalue weighted by molar-refractivity contribution is 7.09. The minimum atomic E-state index is -0.355. The lowest BCUT2D eigenvalue weighted by molar-refractivity contribution is 0.0601. The van der Waals surface area contributed by atoms with Crippen molar-refractivity contribution in [1.29, 1.82) is 0 Å². The third kappa shape index (κ3) is 3.61. The molecule has 2 aromatic heterocycles. The summed E-state index contributed by atoms with van der Waals surface area (Å²) in [6.45, 7) is 2.72. The molecule has 0 unspecified atom stereocenters. The van der Waals surface area contributed by atoms with Crippen molar-refractivity contribution < 1.29 is 9.53 Å². The van der Waals surface area contributed by atoms with Crippen LogP contribution in [0.3, 0.4) is 0 Å². The molecule has 0 N–H and O–H groups in total.